The number of imide groups is 1. The Kier molecular flexibility index (Phi) is 3.67. The van der Waals surface area contributed by atoms with Gasteiger partial charge >= 0.3 is 6.03 Å². The molecule has 1 fully saturated rings. The SMILES string of the molecule is CCN(CC)CCN1C(=O)[C@@H]2Cc3nc[nH]c3CN2C1=O. The smallest absolute Gasteiger partial charge is 0.327 e. The van der Waals surface area contributed by atoms with Crippen LogP contribution in [0.15, 0.2) is 6.33 Å². The number of hydrogen-bond donors (Lipinski definition) is 1. The molecule has 0 saturated carbocycles. The van der Waals surface area contributed by atoms with Crippen molar-refractivity contribution in [3.63, 3.8) is 0 Å². The van der Waals surface area contributed by atoms with Crippen LogP contribution in [0, 0.1) is 0 Å². The molecule has 0 bridgehead atoms. The topological polar surface area (TPSA) is 72.5 Å². The lowest BCUT2D eigenvalue weighted by Gasteiger charge is -2.25. The Morgan fingerprint density at radius 3 is 2.86 bits per heavy atom. The molecule has 0 radical (unpaired) electrons. The Bertz CT molecular complexity index is 513. The Labute approximate surface area is 123 Å². The molecule has 7 heteroatoms. The molecule has 0 spiro atoms. The highest BCUT2D eigenvalue weighted by Crippen LogP contribution is 2.28. The number of imidazole rings is 1. The molecule has 1 aromatic heterocycles. The van der Waals surface area contributed by atoms with E-state index in [0.29, 0.717) is 19.5 Å². The highest BCUT2D eigenvalue weighted by atomic mass is 16.2. The van der Waals surface area contributed by atoms with E-state index in [9.17, 15) is 9.59 Å². The van der Waals surface area contributed by atoms with Crippen molar-refractivity contribution < 1.29 is 9.59 Å². The van der Waals surface area contributed by atoms with Crippen LogP contribution in [0.5, 0.6) is 0 Å². The Morgan fingerprint density at radius 2 is 2.14 bits per heavy atom. The van der Waals surface area contributed by atoms with Crippen molar-refractivity contribution in [2.45, 2.75) is 32.9 Å². The third kappa shape index (κ3) is 2.31. The maximum atomic E-state index is 12.5. The Hall–Kier alpha value is -1.89. The summed E-state index contributed by atoms with van der Waals surface area (Å²) in [6.45, 7) is 7.66. The summed E-state index contributed by atoms with van der Waals surface area (Å²) in [5.74, 6) is -0.0826. The number of hydrogen-bond acceptors (Lipinski definition) is 4. The second-order valence-corrected chi connectivity index (χ2v) is 5.47. The first-order valence-corrected chi connectivity index (χ1v) is 7.51. The van der Waals surface area contributed by atoms with E-state index in [1.807, 2.05) is 0 Å². The van der Waals surface area contributed by atoms with Gasteiger partial charge in [-0.2, -0.15) is 0 Å². The van der Waals surface area contributed by atoms with Crippen LogP contribution in [0.2, 0.25) is 0 Å². The van der Waals surface area contributed by atoms with Crippen molar-refractivity contribution in [3.05, 3.63) is 17.7 Å². The number of amides is 3. The molecule has 2 aliphatic rings. The second-order valence-electron chi connectivity index (χ2n) is 5.47. The van der Waals surface area contributed by atoms with Gasteiger partial charge in [0, 0.05) is 19.5 Å². The van der Waals surface area contributed by atoms with Gasteiger partial charge in [-0.3, -0.25) is 9.69 Å². The highest BCUT2D eigenvalue weighted by Gasteiger charge is 2.47. The molecule has 0 unspecified atom stereocenters. The van der Waals surface area contributed by atoms with E-state index < -0.39 is 0 Å². The van der Waals surface area contributed by atoms with E-state index in [1.165, 1.54) is 4.90 Å². The number of nitrogens with one attached hydrogen (secondary N) is 1. The van der Waals surface area contributed by atoms with Crippen LogP contribution in [-0.4, -0.2) is 68.8 Å². The van der Waals surface area contributed by atoms with Gasteiger partial charge in [-0.15, -0.1) is 0 Å². The molecule has 7 nitrogen and oxygen atoms in total. The minimum atomic E-state index is -0.370. The van der Waals surface area contributed by atoms with Gasteiger partial charge in [-0.05, 0) is 13.1 Å². The summed E-state index contributed by atoms with van der Waals surface area (Å²) in [4.78, 5) is 37.5. The monoisotopic (exact) mass is 291 g/mol. The summed E-state index contributed by atoms with van der Waals surface area (Å²) < 4.78 is 0. The van der Waals surface area contributed by atoms with Crippen molar-refractivity contribution in [1.82, 2.24) is 24.7 Å². The number of aromatic nitrogens is 2. The van der Waals surface area contributed by atoms with Crippen molar-refractivity contribution in [2.75, 3.05) is 26.2 Å². The fourth-order valence-corrected chi connectivity index (χ4v) is 3.07. The van der Waals surface area contributed by atoms with E-state index in [0.717, 1.165) is 31.0 Å². The molecule has 0 aliphatic carbocycles. The fraction of sp³-hybridized carbons (Fsp3) is 0.643. The number of fused-ring (bicyclic) bond motifs is 2. The predicted octanol–water partition coefficient (Wildman–Crippen LogP) is 0.440. The molecular weight excluding hydrogens is 270 g/mol. The first-order valence-electron chi connectivity index (χ1n) is 7.51. The molecule has 2 aliphatic heterocycles. The molecule has 1 aromatic rings. The predicted molar refractivity (Wildman–Crippen MR) is 76.5 cm³/mol. The van der Waals surface area contributed by atoms with Crippen molar-refractivity contribution in [3.8, 4) is 0 Å². The number of urea groups is 1. The Morgan fingerprint density at radius 1 is 1.38 bits per heavy atom. The molecule has 1 atom stereocenters. The summed E-state index contributed by atoms with van der Waals surface area (Å²) in [6.07, 6.45) is 2.14. The van der Waals surface area contributed by atoms with Gasteiger partial charge in [0.2, 0.25) is 0 Å². The standard InChI is InChI=1S/C14H21N5O2/c1-3-17(4-2)5-6-18-13(20)12-7-10-11(16-9-15-10)8-19(12)14(18)21/h9,12H,3-8H2,1-2H3,(H,15,16)/t12-/m0/s1. The maximum absolute atomic E-state index is 12.5. The molecule has 3 heterocycles. The first-order chi connectivity index (χ1) is 10.2. The maximum Gasteiger partial charge on any atom is 0.327 e. The van der Waals surface area contributed by atoms with E-state index in [4.69, 9.17) is 0 Å². The van der Waals surface area contributed by atoms with Gasteiger partial charge in [0.25, 0.3) is 5.91 Å². The number of carbonyl (C=O) groups is 2. The summed E-state index contributed by atoms with van der Waals surface area (Å²) >= 11 is 0. The van der Waals surface area contributed by atoms with Crippen LogP contribution in [0.25, 0.3) is 0 Å². The fourth-order valence-electron chi connectivity index (χ4n) is 3.07. The molecule has 1 saturated heterocycles. The van der Waals surface area contributed by atoms with Crippen LogP contribution < -0.4 is 0 Å². The number of H-pyrrole nitrogens is 1. The normalized spacial score (nSPS) is 21.2. The van der Waals surface area contributed by atoms with E-state index in [-0.39, 0.29) is 18.0 Å². The lowest BCUT2D eigenvalue weighted by molar-refractivity contribution is -0.128. The van der Waals surface area contributed by atoms with Gasteiger partial charge in [0.1, 0.15) is 6.04 Å². The number of aromatic amines is 1. The summed E-state index contributed by atoms with van der Waals surface area (Å²) in [6, 6.07) is -0.539. The lowest BCUT2D eigenvalue weighted by Crippen LogP contribution is -2.40. The van der Waals surface area contributed by atoms with E-state index in [1.54, 1.807) is 11.2 Å². The first kappa shape index (κ1) is 14.1. The largest absolute Gasteiger partial charge is 0.347 e. The second kappa shape index (κ2) is 5.48. The summed E-state index contributed by atoms with van der Waals surface area (Å²) in [7, 11) is 0. The zero-order chi connectivity index (χ0) is 15.0. The van der Waals surface area contributed by atoms with Crippen LogP contribution in [-0.2, 0) is 17.8 Å². The number of nitrogens with zero attached hydrogens (tertiary/aromatic N) is 4. The van der Waals surface area contributed by atoms with E-state index >= 15 is 0 Å². The van der Waals surface area contributed by atoms with Gasteiger partial charge in [0.15, 0.2) is 0 Å². The van der Waals surface area contributed by atoms with Crippen LogP contribution >= 0.6 is 0 Å². The molecule has 1 N–H and O–H groups in total. The molecule has 3 amide bonds. The van der Waals surface area contributed by atoms with Crippen molar-refractivity contribution >= 4 is 11.9 Å². The van der Waals surface area contributed by atoms with Gasteiger partial charge in [-0.25, -0.2) is 9.78 Å². The minimum absolute atomic E-state index is 0.0826. The van der Waals surface area contributed by atoms with Crippen molar-refractivity contribution in [2.24, 2.45) is 0 Å². The third-order valence-corrected chi connectivity index (χ3v) is 4.46. The van der Waals surface area contributed by atoms with Crippen LogP contribution in [0.3, 0.4) is 0 Å². The number of likely N-dealkylation sites (N-methyl/N-ethyl adjacent to an activating group) is 1. The molecule has 3 rings (SSSR count). The quantitative estimate of drug-likeness (QED) is 0.799. The molecule has 21 heavy (non-hydrogen) atoms. The zero-order valence-electron chi connectivity index (χ0n) is 12.5. The molecule has 114 valence electrons. The van der Waals surface area contributed by atoms with Gasteiger partial charge in [-0.1, -0.05) is 13.8 Å². The molecule has 0 aromatic carbocycles. The summed E-state index contributed by atoms with van der Waals surface area (Å²) in [5, 5.41) is 0. The number of carbonyl (C=O) groups excluding carboxylic acids is 2. The third-order valence-electron chi connectivity index (χ3n) is 4.46. The average Bonchev–Trinajstić information content (AvgIpc) is 3.04. The summed E-state index contributed by atoms with van der Waals surface area (Å²) in [5.41, 5.74) is 1.85. The lowest BCUT2D eigenvalue weighted by atomic mass is 10.0. The van der Waals surface area contributed by atoms with Crippen LogP contribution in [0.4, 0.5) is 4.79 Å². The van der Waals surface area contributed by atoms with Crippen LogP contribution in [0.1, 0.15) is 25.2 Å². The average molecular weight is 291 g/mol. The number of rotatable bonds is 5. The highest BCUT2D eigenvalue weighted by molar-refractivity contribution is 6.04. The minimum Gasteiger partial charge on any atom is -0.347 e. The van der Waals surface area contributed by atoms with Crippen molar-refractivity contribution in [1.29, 1.82) is 0 Å². The molecular formula is C14H21N5O2. The Balaban J connectivity index is 1.71. The van der Waals surface area contributed by atoms with Gasteiger partial charge in [0.05, 0.1) is 24.3 Å². The van der Waals surface area contributed by atoms with Gasteiger partial charge < -0.3 is 14.8 Å². The zero-order valence-corrected chi connectivity index (χ0v) is 12.5. The van der Waals surface area contributed by atoms with E-state index in [2.05, 4.69) is 28.7 Å².